The molecule has 2 nitrogen and oxygen atoms in total. The van der Waals surface area contributed by atoms with E-state index >= 15 is 0 Å². The second kappa shape index (κ2) is 5.87. The van der Waals surface area contributed by atoms with Crippen molar-refractivity contribution in [3.8, 4) is 0 Å². The predicted octanol–water partition coefficient (Wildman–Crippen LogP) is 3.81. The molecule has 1 aromatic carbocycles. The smallest absolute Gasteiger partial charge is 0.0482 e. The zero-order valence-electron chi connectivity index (χ0n) is 13.7. The number of aryl methyl sites for hydroxylation is 2. The lowest BCUT2D eigenvalue weighted by atomic mass is 9.70. The van der Waals surface area contributed by atoms with Crippen LogP contribution in [0.25, 0.3) is 0 Å². The molecule has 0 spiro atoms. The molecule has 1 fully saturated rings. The Balaban J connectivity index is 2.31. The van der Waals surface area contributed by atoms with Gasteiger partial charge in [-0.25, -0.2) is 0 Å². The summed E-state index contributed by atoms with van der Waals surface area (Å²) in [5.41, 5.74) is 10.8. The summed E-state index contributed by atoms with van der Waals surface area (Å²) in [6.07, 6.45) is 4.98. The van der Waals surface area contributed by atoms with Crippen LogP contribution in [0.1, 0.15) is 55.3 Å². The van der Waals surface area contributed by atoms with Gasteiger partial charge in [-0.3, -0.25) is 0 Å². The molecule has 1 aliphatic rings. The SMILES string of the molecule is Cc1ccc(C(N)C2(N(C)C)CCC(C)CC2)cc1C. The summed E-state index contributed by atoms with van der Waals surface area (Å²) >= 11 is 0. The standard InChI is InChI=1S/C18H30N2/c1-13-8-10-18(11-9-13,20(4)5)17(19)16-7-6-14(2)15(3)12-16/h6-7,12-13,17H,8-11,19H2,1-5H3. The molecule has 112 valence electrons. The van der Waals surface area contributed by atoms with Crippen molar-refractivity contribution in [3.05, 3.63) is 34.9 Å². The lowest BCUT2D eigenvalue weighted by molar-refractivity contribution is 0.0564. The van der Waals surface area contributed by atoms with Gasteiger partial charge in [-0.2, -0.15) is 0 Å². The quantitative estimate of drug-likeness (QED) is 0.908. The van der Waals surface area contributed by atoms with E-state index in [0.717, 1.165) is 5.92 Å². The topological polar surface area (TPSA) is 29.3 Å². The molecule has 0 heterocycles. The summed E-state index contributed by atoms with van der Waals surface area (Å²) < 4.78 is 0. The second-order valence-corrected chi connectivity index (χ2v) is 7.00. The summed E-state index contributed by atoms with van der Waals surface area (Å²) in [6, 6.07) is 6.81. The van der Waals surface area contributed by atoms with Gasteiger partial charge in [0, 0.05) is 11.6 Å². The van der Waals surface area contributed by atoms with Gasteiger partial charge in [0.2, 0.25) is 0 Å². The summed E-state index contributed by atoms with van der Waals surface area (Å²) in [5, 5.41) is 0. The van der Waals surface area contributed by atoms with Gasteiger partial charge in [-0.15, -0.1) is 0 Å². The molecule has 1 saturated carbocycles. The maximum Gasteiger partial charge on any atom is 0.0482 e. The van der Waals surface area contributed by atoms with Crippen LogP contribution in [0.3, 0.4) is 0 Å². The van der Waals surface area contributed by atoms with Crippen molar-refractivity contribution in [1.82, 2.24) is 4.90 Å². The third-order valence-electron chi connectivity index (χ3n) is 5.50. The number of nitrogens with two attached hydrogens (primary N) is 1. The molecule has 1 aromatic rings. The van der Waals surface area contributed by atoms with Gasteiger partial charge in [-0.05, 0) is 76.2 Å². The molecule has 0 saturated heterocycles. The number of benzene rings is 1. The van der Waals surface area contributed by atoms with Crippen molar-refractivity contribution in [2.45, 2.75) is 58.0 Å². The van der Waals surface area contributed by atoms with E-state index in [1.165, 1.54) is 42.4 Å². The van der Waals surface area contributed by atoms with Crippen LogP contribution in [0, 0.1) is 19.8 Å². The van der Waals surface area contributed by atoms with Gasteiger partial charge < -0.3 is 10.6 Å². The highest BCUT2D eigenvalue weighted by atomic mass is 15.2. The monoisotopic (exact) mass is 274 g/mol. The fourth-order valence-corrected chi connectivity index (χ4v) is 3.57. The lowest BCUT2D eigenvalue weighted by Gasteiger charge is -2.48. The van der Waals surface area contributed by atoms with Crippen molar-refractivity contribution in [2.24, 2.45) is 11.7 Å². The third-order valence-corrected chi connectivity index (χ3v) is 5.50. The molecule has 2 heteroatoms. The molecule has 0 bridgehead atoms. The fraction of sp³-hybridized carbons (Fsp3) is 0.667. The molecule has 2 rings (SSSR count). The molecule has 0 aliphatic heterocycles. The van der Waals surface area contributed by atoms with Crippen LogP contribution in [0.15, 0.2) is 18.2 Å². The molecule has 2 N–H and O–H groups in total. The summed E-state index contributed by atoms with van der Waals surface area (Å²) in [4.78, 5) is 2.37. The highest BCUT2D eigenvalue weighted by Gasteiger charge is 2.42. The van der Waals surface area contributed by atoms with Gasteiger partial charge >= 0.3 is 0 Å². The summed E-state index contributed by atoms with van der Waals surface area (Å²) in [7, 11) is 4.38. The van der Waals surface area contributed by atoms with Gasteiger partial charge in [0.1, 0.15) is 0 Å². The van der Waals surface area contributed by atoms with E-state index in [0.29, 0.717) is 0 Å². The van der Waals surface area contributed by atoms with E-state index in [1.807, 2.05) is 0 Å². The maximum absolute atomic E-state index is 6.73. The Morgan fingerprint density at radius 2 is 1.75 bits per heavy atom. The Bertz CT molecular complexity index is 456. The van der Waals surface area contributed by atoms with Gasteiger partial charge in [0.15, 0.2) is 0 Å². The number of hydrogen-bond donors (Lipinski definition) is 1. The van der Waals surface area contributed by atoms with Crippen LogP contribution in [-0.4, -0.2) is 24.5 Å². The molecule has 0 radical (unpaired) electrons. The Hall–Kier alpha value is -0.860. The van der Waals surface area contributed by atoms with Crippen LogP contribution in [-0.2, 0) is 0 Å². The first-order valence-electron chi connectivity index (χ1n) is 7.87. The van der Waals surface area contributed by atoms with Crippen LogP contribution in [0.4, 0.5) is 0 Å². The molecule has 20 heavy (non-hydrogen) atoms. The average molecular weight is 274 g/mol. The first kappa shape index (κ1) is 15.5. The number of nitrogens with zero attached hydrogens (tertiary/aromatic N) is 1. The first-order chi connectivity index (χ1) is 9.36. The molecular formula is C18H30N2. The largest absolute Gasteiger partial charge is 0.322 e. The van der Waals surface area contributed by atoms with Crippen LogP contribution < -0.4 is 5.73 Å². The number of hydrogen-bond acceptors (Lipinski definition) is 2. The van der Waals surface area contributed by atoms with Crippen molar-refractivity contribution in [1.29, 1.82) is 0 Å². The Kier molecular flexibility index (Phi) is 4.55. The maximum atomic E-state index is 6.73. The van der Waals surface area contributed by atoms with E-state index in [1.54, 1.807) is 0 Å². The first-order valence-corrected chi connectivity index (χ1v) is 7.87. The normalized spacial score (nSPS) is 28.6. The molecule has 1 aliphatic carbocycles. The van der Waals surface area contributed by atoms with Crippen molar-refractivity contribution < 1.29 is 0 Å². The van der Waals surface area contributed by atoms with Gasteiger partial charge in [-0.1, -0.05) is 25.1 Å². The Labute approximate surface area is 124 Å². The number of rotatable bonds is 3. The minimum atomic E-state index is 0.101. The van der Waals surface area contributed by atoms with Gasteiger partial charge in [0.25, 0.3) is 0 Å². The van der Waals surface area contributed by atoms with E-state index in [4.69, 9.17) is 5.73 Å². The van der Waals surface area contributed by atoms with E-state index in [2.05, 4.69) is 58.0 Å². The van der Waals surface area contributed by atoms with E-state index < -0.39 is 0 Å². The Morgan fingerprint density at radius 3 is 2.25 bits per heavy atom. The second-order valence-electron chi connectivity index (χ2n) is 7.00. The summed E-state index contributed by atoms with van der Waals surface area (Å²) in [6.45, 7) is 6.70. The van der Waals surface area contributed by atoms with E-state index in [9.17, 15) is 0 Å². The predicted molar refractivity (Wildman–Crippen MR) is 86.9 cm³/mol. The molecule has 0 aromatic heterocycles. The van der Waals surface area contributed by atoms with Gasteiger partial charge in [0.05, 0.1) is 0 Å². The average Bonchev–Trinajstić information content (AvgIpc) is 2.42. The minimum Gasteiger partial charge on any atom is -0.322 e. The van der Waals surface area contributed by atoms with Crippen molar-refractivity contribution >= 4 is 0 Å². The highest BCUT2D eigenvalue weighted by molar-refractivity contribution is 5.33. The molecular weight excluding hydrogens is 244 g/mol. The lowest BCUT2D eigenvalue weighted by Crippen LogP contribution is -2.54. The van der Waals surface area contributed by atoms with E-state index in [-0.39, 0.29) is 11.6 Å². The minimum absolute atomic E-state index is 0.101. The molecule has 1 unspecified atom stereocenters. The van der Waals surface area contributed by atoms with Crippen molar-refractivity contribution in [2.75, 3.05) is 14.1 Å². The Morgan fingerprint density at radius 1 is 1.15 bits per heavy atom. The van der Waals surface area contributed by atoms with Crippen LogP contribution in [0.5, 0.6) is 0 Å². The van der Waals surface area contributed by atoms with Crippen molar-refractivity contribution in [3.63, 3.8) is 0 Å². The molecule has 1 atom stereocenters. The third kappa shape index (κ3) is 2.77. The van der Waals surface area contributed by atoms with Crippen LogP contribution in [0.2, 0.25) is 0 Å². The number of likely N-dealkylation sites (N-methyl/N-ethyl adjacent to an activating group) is 1. The highest BCUT2D eigenvalue weighted by Crippen LogP contribution is 2.42. The van der Waals surface area contributed by atoms with Crippen LogP contribution >= 0.6 is 0 Å². The fourth-order valence-electron chi connectivity index (χ4n) is 3.57. The molecule has 0 amide bonds. The zero-order valence-corrected chi connectivity index (χ0v) is 13.7. The zero-order chi connectivity index (χ0) is 14.9. The summed E-state index contributed by atoms with van der Waals surface area (Å²) in [5.74, 6) is 0.843.